The Morgan fingerprint density at radius 1 is 1.14 bits per heavy atom. The van der Waals surface area contributed by atoms with Crippen molar-refractivity contribution in [3.05, 3.63) is 29.8 Å². The number of para-hydroxylation sites is 1. The molecule has 1 aromatic rings. The van der Waals surface area contributed by atoms with E-state index >= 15 is 0 Å². The summed E-state index contributed by atoms with van der Waals surface area (Å²) in [5.74, 6) is 0.803. The topological polar surface area (TPSA) is 61.9 Å². The minimum atomic E-state index is -0.0562. The van der Waals surface area contributed by atoms with Gasteiger partial charge in [0, 0.05) is 38.3 Å². The van der Waals surface area contributed by atoms with Gasteiger partial charge >= 0.3 is 6.03 Å². The largest absolute Gasteiger partial charge is 0.496 e. The van der Waals surface area contributed by atoms with Crippen LogP contribution in [0.25, 0.3) is 0 Å². The van der Waals surface area contributed by atoms with E-state index < -0.39 is 0 Å². The normalized spacial score (nSPS) is 14.6. The number of carbonyl (C=O) groups excluding carboxylic acids is 2. The van der Waals surface area contributed by atoms with Gasteiger partial charge in [-0.05, 0) is 13.0 Å². The highest BCUT2D eigenvalue weighted by molar-refractivity contribution is 5.80. The predicted molar refractivity (Wildman–Crippen MR) is 83.9 cm³/mol. The Morgan fingerprint density at radius 2 is 1.77 bits per heavy atom. The van der Waals surface area contributed by atoms with Gasteiger partial charge in [-0.3, -0.25) is 4.79 Å². The van der Waals surface area contributed by atoms with Gasteiger partial charge in [0.25, 0.3) is 0 Å². The molecule has 1 aliphatic rings. The zero-order valence-corrected chi connectivity index (χ0v) is 13.2. The lowest BCUT2D eigenvalue weighted by molar-refractivity contribution is -0.131. The number of methoxy groups -OCH3 is 1. The third kappa shape index (κ3) is 3.90. The van der Waals surface area contributed by atoms with Crippen molar-refractivity contribution >= 4 is 11.9 Å². The van der Waals surface area contributed by atoms with Crippen molar-refractivity contribution < 1.29 is 14.3 Å². The van der Waals surface area contributed by atoms with E-state index in [2.05, 4.69) is 5.32 Å². The first-order valence-electron chi connectivity index (χ1n) is 7.58. The van der Waals surface area contributed by atoms with Crippen molar-refractivity contribution in [2.75, 3.05) is 39.8 Å². The number of benzene rings is 1. The first kappa shape index (κ1) is 16.1. The van der Waals surface area contributed by atoms with E-state index in [4.69, 9.17) is 4.74 Å². The quantitative estimate of drug-likeness (QED) is 0.906. The highest BCUT2D eigenvalue weighted by Gasteiger charge is 2.24. The molecule has 0 unspecified atom stereocenters. The number of rotatable bonds is 4. The molecule has 1 heterocycles. The zero-order chi connectivity index (χ0) is 15.9. The molecular formula is C16H23N3O3. The summed E-state index contributed by atoms with van der Waals surface area (Å²) >= 11 is 0. The van der Waals surface area contributed by atoms with Gasteiger partial charge in [-0.25, -0.2) is 4.79 Å². The van der Waals surface area contributed by atoms with Gasteiger partial charge in [0.15, 0.2) is 0 Å². The van der Waals surface area contributed by atoms with Crippen molar-refractivity contribution in [2.24, 2.45) is 0 Å². The second-order valence-electron chi connectivity index (χ2n) is 5.19. The Bertz CT molecular complexity index is 525. The first-order chi connectivity index (χ1) is 10.7. The summed E-state index contributed by atoms with van der Waals surface area (Å²) in [5, 5.41) is 2.78. The highest BCUT2D eigenvalue weighted by Crippen LogP contribution is 2.18. The van der Waals surface area contributed by atoms with E-state index in [1.807, 2.05) is 36.1 Å². The van der Waals surface area contributed by atoms with E-state index in [9.17, 15) is 9.59 Å². The van der Waals surface area contributed by atoms with Gasteiger partial charge in [-0.15, -0.1) is 0 Å². The van der Waals surface area contributed by atoms with Crippen LogP contribution in [0.5, 0.6) is 5.75 Å². The van der Waals surface area contributed by atoms with Crippen molar-refractivity contribution in [1.82, 2.24) is 15.1 Å². The molecule has 0 atom stereocenters. The van der Waals surface area contributed by atoms with Crippen molar-refractivity contribution in [3.8, 4) is 5.75 Å². The van der Waals surface area contributed by atoms with Gasteiger partial charge in [-0.2, -0.15) is 0 Å². The monoisotopic (exact) mass is 305 g/mol. The first-order valence-corrected chi connectivity index (χ1v) is 7.58. The predicted octanol–water partition coefficient (Wildman–Crippen LogP) is 1.11. The van der Waals surface area contributed by atoms with Crippen LogP contribution in [0.4, 0.5) is 4.79 Å². The average molecular weight is 305 g/mol. The molecule has 1 N–H and O–H groups in total. The van der Waals surface area contributed by atoms with Crippen LogP contribution >= 0.6 is 0 Å². The number of nitrogens with one attached hydrogen (secondary N) is 1. The molecule has 0 aromatic heterocycles. The fourth-order valence-electron chi connectivity index (χ4n) is 2.55. The van der Waals surface area contributed by atoms with Crippen molar-refractivity contribution in [1.29, 1.82) is 0 Å². The third-order valence-electron chi connectivity index (χ3n) is 3.78. The van der Waals surface area contributed by atoms with Crippen LogP contribution in [-0.2, 0) is 11.2 Å². The molecule has 3 amide bonds. The summed E-state index contributed by atoms with van der Waals surface area (Å²) in [4.78, 5) is 27.7. The lowest BCUT2D eigenvalue weighted by Crippen LogP contribution is -2.53. The third-order valence-corrected chi connectivity index (χ3v) is 3.78. The molecule has 1 aromatic carbocycles. The van der Waals surface area contributed by atoms with Crippen LogP contribution in [0, 0.1) is 0 Å². The van der Waals surface area contributed by atoms with E-state index in [1.165, 1.54) is 0 Å². The van der Waals surface area contributed by atoms with Crippen LogP contribution in [0.1, 0.15) is 12.5 Å². The molecular weight excluding hydrogens is 282 g/mol. The lowest BCUT2D eigenvalue weighted by atomic mass is 10.1. The molecule has 6 heteroatoms. The number of hydrogen-bond acceptors (Lipinski definition) is 3. The Balaban J connectivity index is 1.89. The van der Waals surface area contributed by atoms with E-state index in [0.717, 1.165) is 11.3 Å². The minimum Gasteiger partial charge on any atom is -0.496 e. The molecule has 0 saturated carbocycles. The van der Waals surface area contributed by atoms with E-state index in [-0.39, 0.29) is 11.9 Å². The van der Waals surface area contributed by atoms with Gasteiger partial charge in [0.1, 0.15) is 5.75 Å². The lowest BCUT2D eigenvalue weighted by Gasteiger charge is -2.34. The Kier molecular flexibility index (Phi) is 5.63. The van der Waals surface area contributed by atoms with Crippen LogP contribution in [0.2, 0.25) is 0 Å². The standard InChI is InChI=1S/C16H23N3O3/c1-3-17-16(21)19-10-8-18(9-11-19)15(20)12-13-6-4-5-7-14(13)22-2/h4-7H,3,8-12H2,1-2H3,(H,17,21). The highest BCUT2D eigenvalue weighted by atomic mass is 16.5. The molecule has 0 bridgehead atoms. The summed E-state index contributed by atoms with van der Waals surface area (Å²) in [6.07, 6.45) is 0.325. The minimum absolute atomic E-state index is 0.0562. The fourth-order valence-corrected chi connectivity index (χ4v) is 2.55. The van der Waals surface area contributed by atoms with Gasteiger partial charge < -0.3 is 19.9 Å². The average Bonchev–Trinajstić information content (AvgIpc) is 2.55. The Labute approximate surface area is 131 Å². The van der Waals surface area contributed by atoms with Gasteiger partial charge in [-0.1, -0.05) is 18.2 Å². The maximum atomic E-state index is 12.4. The molecule has 1 saturated heterocycles. The number of hydrogen-bond donors (Lipinski definition) is 1. The van der Waals surface area contributed by atoms with E-state index in [1.54, 1.807) is 12.0 Å². The van der Waals surface area contributed by atoms with Crippen LogP contribution in [0.3, 0.4) is 0 Å². The molecule has 1 fully saturated rings. The maximum absolute atomic E-state index is 12.4. The molecule has 0 aliphatic carbocycles. The number of nitrogens with zero attached hydrogens (tertiary/aromatic N) is 2. The van der Waals surface area contributed by atoms with Gasteiger partial charge in [0.2, 0.25) is 5.91 Å². The summed E-state index contributed by atoms with van der Waals surface area (Å²) in [6.45, 7) is 4.81. The molecule has 6 nitrogen and oxygen atoms in total. The van der Waals surface area contributed by atoms with E-state index in [0.29, 0.717) is 39.1 Å². The maximum Gasteiger partial charge on any atom is 0.317 e. The second kappa shape index (κ2) is 7.68. The van der Waals surface area contributed by atoms with Crippen LogP contribution in [-0.4, -0.2) is 61.6 Å². The number of amides is 3. The summed E-state index contributed by atoms with van der Waals surface area (Å²) in [5.41, 5.74) is 0.890. The van der Waals surface area contributed by atoms with Crippen molar-refractivity contribution in [2.45, 2.75) is 13.3 Å². The molecule has 22 heavy (non-hydrogen) atoms. The Hall–Kier alpha value is -2.24. The number of ether oxygens (including phenoxy) is 1. The Morgan fingerprint density at radius 3 is 2.41 bits per heavy atom. The number of piperazine rings is 1. The molecule has 2 rings (SSSR count). The second-order valence-corrected chi connectivity index (χ2v) is 5.19. The molecule has 0 spiro atoms. The fraction of sp³-hybridized carbons (Fsp3) is 0.500. The van der Waals surface area contributed by atoms with Crippen LogP contribution < -0.4 is 10.1 Å². The van der Waals surface area contributed by atoms with Gasteiger partial charge in [0.05, 0.1) is 13.5 Å². The molecule has 120 valence electrons. The number of urea groups is 1. The SMILES string of the molecule is CCNC(=O)N1CCN(C(=O)Cc2ccccc2OC)CC1. The zero-order valence-electron chi connectivity index (χ0n) is 13.2. The summed E-state index contributed by atoms with van der Waals surface area (Å²) in [6, 6.07) is 7.49. The van der Waals surface area contributed by atoms with Crippen molar-refractivity contribution in [3.63, 3.8) is 0 Å². The summed E-state index contributed by atoms with van der Waals surface area (Å²) < 4.78 is 5.28. The smallest absolute Gasteiger partial charge is 0.317 e. The molecule has 1 aliphatic heterocycles. The van der Waals surface area contributed by atoms with Crippen LogP contribution in [0.15, 0.2) is 24.3 Å². The summed E-state index contributed by atoms with van der Waals surface area (Å²) in [7, 11) is 1.61. The molecule has 0 radical (unpaired) electrons. The number of carbonyl (C=O) groups is 2.